The number of piperidine rings is 1. The van der Waals surface area contributed by atoms with Crippen molar-refractivity contribution in [1.82, 2.24) is 4.31 Å². The molecule has 1 saturated heterocycles. The predicted octanol–water partition coefficient (Wildman–Crippen LogP) is 3.81. The van der Waals surface area contributed by atoms with Crippen molar-refractivity contribution in [3.8, 4) is 11.1 Å². The van der Waals surface area contributed by atoms with Crippen molar-refractivity contribution in [2.45, 2.75) is 29.1 Å². The van der Waals surface area contributed by atoms with Crippen molar-refractivity contribution in [3.05, 3.63) is 72.5 Å². The van der Waals surface area contributed by atoms with Gasteiger partial charge in [-0.3, -0.25) is 9.10 Å². The van der Waals surface area contributed by atoms with Gasteiger partial charge in [0.15, 0.2) is 0 Å². The van der Waals surface area contributed by atoms with E-state index in [0.29, 0.717) is 29.9 Å². The summed E-state index contributed by atoms with van der Waals surface area (Å²) in [6, 6.07) is 15.8. The molecule has 3 aromatic rings. The van der Waals surface area contributed by atoms with Crippen LogP contribution in [0.5, 0.6) is 0 Å². The molecule has 2 heterocycles. The molecule has 5 rings (SSSR count). The van der Waals surface area contributed by atoms with E-state index < -0.39 is 38.3 Å². The Kier molecular flexibility index (Phi) is 6.31. The van der Waals surface area contributed by atoms with Crippen LogP contribution >= 0.6 is 0 Å². The van der Waals surface area contributed by atoms with E-state index in [1.165, 1.54) is 46.8 Å². The summed E-state index contributed by atoms with van der Waals surface area (Å²) >= 11 is 0. The minimum atomic E-state index is -4.07. The highest BCUT2D eigenvalue weighted by atomic mass is 32.2. The molecule has 1 fully saturated rings. The van der Waals surface area contributed by atoms with Crippen LogP contribution in [0.4, 0.5) is 15.8 Å². The summed E-state index contributed by atoms with van der Waals surface area (Å²) in [5, 5.41) is 2.62. The lowest BCUT2D eigenvalue weighted by Gasteiger charge is -2.31. The quantitative estimate of drug-likeness (QED) is 0.541. The van der Waals surface area contributed by atoms with Crippen molar-refractivity contribution < 1.29 is 26.0 Å². The Balaban J connectivity index is 1.37. The molecule has 8 nitrogen and oxygen atoms in total. The van der Waals surface area contributed by atoms with Crippen LogP contribution < -0.4 is 9.62 Å². The van der Waals surface area contributed by atoms with Crippen LogP contribution in [-0.4, -0.2) is 46.7 Å². The number of hydrogen-bond acceptors (Lipinski definition) is 5. The van der Waals surface area contributed by atoms with Crippen LogP contribution in [0.15, 0.2) is 76.5 Å². The van der Waals surface area contributed by atoms with E-state index in [9.17, 15) is 26.0 Å². The first-order valence-corrected chi connectivity index (χ1v) is 14.4. The number of rotatable bonds is 5. The van der Waals surface area contributed by atoms with Gasteiger partial charge in [-0.1, -0.05) is 24.6 Å². The molecule has 0 saturated carbocycles. The van der Waals surface area contributed by atoms with Gasteiger partial charge in [-0.2, -0.15) is 4.31 Å². The lowest BCUT2D eigenvalue weighted by atomic mass is 10.0. The van der Waals surface area contributed by atoms with Gasteiger partial charge in [0.05, 0.1) is 15.5 Å². The highest BCUT2D eigenvalue weighted by Crippen LogP contribution is 2.43. The number of amides is 1. The van der Waals surface area contributed by atoms with Gasteiger partial charge in [-0.25, -0.2) is 21.2 Å². The monoisotopic (exact) mass is 529 g/mol. The average Bonchev–Trinajstić information content (AvgIpc) is 2.88. The number of nitrogens with one attached hydrogen (secondary N) is 1. The Bertz CT molecular complexity index is 1530. The third-order valence-corrected chi connectivity index (χ3v) is 10.1. The number of sulfonamides is 2. The summed E-state index contributed by atoms with van der Waals surface area (Å²) in [7, 11) is -7.68. The van der Waals surface area contributed by atoms with E-state index in [4.69, 9.17) is 0 Å². The van der Waals surface area contributed by atoms with Crippen LogP contribution in [0.1, 0.15) is 19.3 Å². The van der Waals surface area contributed by atoms with Crippen LogP contribution in [0, 0.1) is 5.82 Å². The Morgan fingerprint density at radius 1 is 0.917 bits per heavy atom. The number of carbonyl (C=O) groups excluding carboxylic acids is 1. The second-order valence-electron chi connectivity index (χ2n) is 8.71. The van der Waals surface area contributed by atoms with Gasteiger partial charge < -0.3 is 5.32 Å². The fourth-order valence-corrected chi connectivity index (χ4v) is 7.74. The van der Waals surface area contributed by atoms with Gasteiger partial charge >= 0.3 is 0 Å². The van der Waals surface area contributed by atoms with E-state index in [-0.39, 0.29) is 15.5 Å². The summed E-state index contributed by atoms with van der Waals surface area (Å²) in [6.07, 6.45) is 2.66. The number of anilines is 2. The van der Waals surface area contributed by atoms with Gasteiger partial charge in [0.25, 0.3) is 10.0 Å². The fourth-order valence-electron chi connectivity index (χ4n) is 4.57. The van der Waals surface area contributed by atoms with Gasteiger partial charge in [0.1, 0.15) is 12.4 Å². The summed E-state index contributed by atoms with van der Waals surface area (Å²) in [5.74, 6) is -1.15. The zero-order valence-corrected chi connectivity index (χ0v) is 20.9. The number of halogens is 1. The van der Waals surface area contributed by atoms with Crippen molar-refractivity contribution in [1.29, 1.82) is 0 Å². The lowest BCUT2D eigenvalue weighted by molar-refractivity contribution is -0.114. The normalized spacial score (nSPS) is 17.2. The van der Waals surface area contributed by atoms with E-state index in [0.717, 1.165) is 29.6 Å². The molecule has 3 aromatic carbocycles. The predicted molar refractivity (Wildman–Crippen MR) is 134 cm³/mol. The summed E-state index contributed by atoms with van der Waals surface area (Å²) < 4.78 is 68.7. The maximum atomic E-state index is 14.0. The minimum absolute atomic E-state index is 0.0110. The standard InChI is InChI=1S/C25H24FN3O5S2/c26-18-8-13-23-22(16-18)21-6-2-3-7-24(21)36(33,34)29(23)17-25(30)27-19-9-11-20(12-10-19)35(31,32)28-14-4-1-5-15-28/h2-3,6-13,16H,1,4-5,14-15,17H2,(H,27,30). The van der Waals surface area contributed by atoms with E-state index in [2.05, 4.69) is 5.32 Å². The van der Waals surface area contributed by atoms with Crippen LogP contribution in [-0.2, 0) is 24.8 Å². The van der Waals surface area contributed by atoms with Crippen molar-refractivity contribution in [3.63, 3.8) is 0 Å². The fraction of sp³-hybridized carbons (Fsp3) is 0.240. The molecular weight excluding hydrogens is 505 g/mol. The molecule has 2 aliphatic heterocycles. The van der Waals surface area contributed by atoms with Crippen molar-refractivity contribution >= 4 is 37.3 Å². The summed E-state index contributed by atoms with van der Waals surface area (Å²) in [4.78, 5) is 13.0. The molecule has 0 atom stereocenters. The van der Waals surface area contributed by atoms with Crippen LogP contribution in [0.2, 0.25) is 0 Å². The number of benzene rings is 3. The third kappa shape index (κ3) is 4.38. The van der Waals surface area contributed by atoms with Crippen molar-refractivity contribution in [2.24, 2.45) is 0 Å². The second-order valence-corrected chi connectivity index (χ2v) is 12.5. The Labute approximate surface area is 209 Å². The van der Waals surface area contributed by atoms with Gasteiger partial charge in [0, 0.05) is 29.9 Å². The molecule has 1 N–H and O–H groups in total. The van der Waals surface area contributed by atoms with E-state index in [1.54, 1.807) is 18.2 Å². The number of carbonyl (C=O) groups is 1. The largest absolute Gasteiger partial charge is 0.325 e. The number of nitrogens with zero attached hydrogens (tertiary/aromatic N) is 2. The molecule has 1 amide bonds. The maximum Gasteiger partial charge on any atom is 0.265 e. The molecule has 11 heteroatoms. The third-order valence-electron chi connectivity index (χ3n) is 6.35. The minimum Gasteiger partial charge on any atom is -0.325 e. The summed E-state index contributed by atoms with van der Waals surface area (Å²) in [6.45, 7) is 0.433. The summed E-state index contributed by atoms with van der Waals surface area (Å²) in [5.41, 5.74) is 1.27. The number of fused-ring (bicyclic) bond motifs is 3. The Morgan fingerprint density at radius 2 is 1.61 bits per heavy atom. The molecule has 188 valence electrons. The Hall–Kier alpha value is -3.28. The molecule has 0 radical (unpaired) electrons. The second kappa shape index (κ2) is 9.30. The average molecular weight is 530 g/mol. The van der Waals surface area contributed by atoms with Gasteiger partial charge in [-0.05, 0) is 61.4 Å². The zero-order chi connectivity index (χ0) is 25.5. The first-order chi connectivity index (χ1) is 17.2. The zero-order valence-electron chi connectivity index (χ0n) is 19.2. The Morgan fingerprint density at radius 3 is 2.33 bits per heavy atom. The lowest BCUT2D eigenvalue weighted by Crippen LogP contribution is -2.40. The molecular formula is C25H24FN3O5S2. The molecule has 0 spiro atoms. The topological polar surface area (TPSA) is 104 Å². The molecule has 0 unspecified atom stereocenters. The van der Waals surface area contributed by atoms with E-state index >= 15 is 0 Å². The highest BCUT2D eigenvalue weighted by Gasteiger charge is 2.36. The first-order valence-electron chi connectivity index (χ1n) is 11.5. The molecule has 36 heavy (non-hydrogen) atoms. The molecule has 0 aromatic heterocycles. The van der Waals surface area contributed by atoms with Crippen molar-refractivity contribution in [2.75, 3.05) is 29.3 Å². The van der Waals surface area contributed by atoms with Gasteiger partial charge in [0.2, 0.25) is 15.9 Å². The molecule has 2 aliphatic rings. The molecule has 0 bridgehead atoms. The number of hydrogen-bond donors (Lipinski definition) is 1. The smallest absolute Gasteiger partial charge is 0.265 e. The highest BCUT2D eigenvalue weighted by molar-refractivity contribution is 7.93. The van der Waals surface area contributed by atoms with Crippen LogP contribution in [0.3, 0.4) is 0 Å². The van der Waals surface area contributed by atoms with E-state index in [1.807, 2.05) is 0 Å². The first kappa shape index (κ1) is 24.4. The van der Waals surface area contributed by atoms with Crippen LogP contribution in [0.25, 0.3) is 11.1 Å². The SMILES string of the molecule is O=C(CN1c2ccc(F)cc2-c2ccccc2S1(=O)=O)Nc1ccc(S(=O)(=O)N2CCCCC2)cc1. The molecule has 0 aliphatic carbocycles. The van der Waals surface area contributed by atoms with Gasteiger partial charge in [-0.15, -0.1) is 0 Å². The maximum absolute atomic E-state index is 14.0.